The fraction of sp³-hybridized carbons (Fsp3) is 0.400. The van der Waals surface area contributed by atoms with Gasteiger partial charge < -0.3 is 16.4 Å². The van der Waals surface area contributed by atoms with Crippen molar-refractivity contribution >= 4 is 11.4 Å². The molecule has 16 heavy (non-hydrogen) atoms. The molecule has 0 heterocycles. The fourth-order valence-corrected chi connectivity index (χ4v) is 1.41. The maximum Gasteiger partial charge on any atom is 0.276 e. The highest BCUT2D eigenvalue weighted by atomic mass is 16.6. The number of nitro groups is 1. The van der Waals surface area contributed by atoms with E-state index in [4.69, 9.17) is 11.5 Å². The molecule has 0 aliphatic heterocycles. The van der Waals surface area contributed by atoms with Gasteiger partial charge in [-0.1, -0.05) is 0 Å². The number of nitrogens with zero attached hydrogens (tertiary/aromatic N) is 2. The third-order valence-electron chi connectivity index (χ3n) is 2.38. The van der Waals surface area contributed by atoms with Gasteiger partial charge in [-0.25, -0.2) is 0 Å². The fourth-order valence-electron chi connectivity index (χ4n) is 1.41. The summed E-state index contributed by atoms with van der Waals surface area (Å²) in [5, 5.41) is 10.9. The minimum atomic E-state index is -0.503. The summed E-state index contributed by atoms with van der Waals surface area (Å²) >= 11 is 0. The summed E-state index contributed by atoms with van der Waals surface area (Å²) in [6.07, 6.45) is 0. The molecule has 1 aromatic rings. The first-order valence-electron chi connectivity index (χ1n) is 4.88. The van der Waals surface area contributed by atoms with E-state index in [-0.39, 0.29) is 12.2 Å². The zero-order chi connectivity index (χ0) is 12.3. The lowest BCUT2D eigenvalue weighted by Crippen LogP contribution is -2.22. The molecule has 0 bridgehead atoms. The van der Waals surface area contributed by atoms with Gasteiger partial charge in [0.15, 0.2) is 0 Å². The van der Waals surface area contributed by atoms with Crippen LogP contribution in [0.3, 0.4) is 0 Å². The predicted octanol–water partition coefficient (Wildman–Crippen LogP) is 0.619. The Hall–Kier alpha value is -1.66. The quantitative estimate of drug-likeness (QED) is 0.577. The van der Waals surface area contributed by atoms with Gasteiger partial charge in [0.05, 0.1) is 4.92 Å². The lowest BCUT2D eigenvalue weighted by molar-refractivity contribution is -0.385. The molecule has 0 saturated carbocycles. The van der Waals surface area contributed by atoms with E-state index in [9.17, 15) is 10.1 Å². The average molecular weight is 224 g/mol. The lowest BCUT2D eigenvalue weighted by Gasteiger charge is -2.15. The second-order valence-corrected chi connectivity index (χ2v) is 3.74. The molecule has 1 atom stereocenters. The van der Waals surface area contributed by atoms with Crippen molar-refractivity contribution < 1.29 is 4.92 Å². The molecule has 0 aliphatic carbocycles. The molecular weight excluding hydrogens is 208 g/mol. The van der Waals surface area contributed by atoms with Crippen molar-refractivity contribution in [1.82, 2.24) is 0 Å². The Labute approximate surface area is 94.0 Å². The van der Waals surface area contributed by atoms with Gasteiger partial charge in [0.25, 0.3) is 5.69 Å². The Balaban J connectivity index is 3.25. The number of benzene rings is 1. The van der Waals surface area contributed by atoms with Crippen LogP contribution in [0.4, 0.5) is 11.4 Å². The minimum absolute atomic E-state index is 0.0177. The Morgan fingerprint density at radius 1 is 1.50 bits per heavy atom. The van der Waals surface area contributed by atoms with Crippen LogP contribution < -0.4 is 16.4 Å². The first kappa shape index (κ1) is 12.4. The van der Waals surface area contributed by atoms with Crippen LogP contribution >= 0.6 is 0 Å². The maximum absolute atomic E-state index is 10.9. The van der Waals surface area contributed by atoms with Crippen LogP contribution in [-0.4, -0.2) is 25.6 Å². The summed E-state index contributed by atoms with van der Waals surface area (Å²) in [6.45, 7) is 0.183. The normalized spacial score (nSPS) is 12.2. The Morgan fingerprint density at radius 3 is 2.56 bits per heavy atom. The Kier molecular flexibility index (Phi) is 3.81. The number of nitrogens with two attached hydrogens (primary N) is 2. The number of hydrogen-bond donors (Lipinski definition) is 2. The molecule has 1 aromatic carbocycles. The van der Waals surface area contributed by atoms with Gasteiger partial charge in [-0.05, 0) is 12.1 Å². The Bertz CT molecular complexity index is 392. The number of rotatable bonds is 4. The van der Waals surface area contributed by atoms with Gasteiger partial charge in [-0.2, -0.15) is 0 Å². The van der Waals surface area contributed by atoms with E-state index in [1.165, 1.54) is 6.07 Å². The summed E-state index contributed by atoms with van der Waals surface area (Å²) in [4.78, 5) is 12.3. The summed E-state index contributed by atoms with van der Waals surface area (Å²) in [5.41, 5.74) is 12.4. The molecule has 0 fully saturated rings. The molecule has 88 valence electrons. The second-order valence-electron chi connectivity index (χ2n) is 3.74. The molecule has 0 unspecified atom stereocenters. The summed E-state index contributed by atoms with van der Waals surface area (Å²) in [6, 6.07) is 4.45. The van der Waals surface area contributed by atoms with Crippen LogP contribution in [0.5, 0.6) is 0 Å². The van der Waals surface area contributed by atoms with E-state index in [0.717, 1.165) is 5.69 Å². The third-order valence-corrected chi connectivity index (χ3v) is 2.38. The number of hydrogen-bond acceptors (Lipinski definition) is 5. The molecular formula is C10H16N4O2. The topological polar surface area (TPSA) is 98.4 Å². The van der Waals surface area contributed by atoms with Gasteiger partial charge in [0, 0.05) is 44.0 Å². The summed E-state index contributed by atoms with van der Waals surface area (Å²) in [5.74, 6) is 0. The molecule has 6 nitrogen and oxygen atoms in total. The van der Waals surface area contributed by atoms with Gasteiger partial charge >= 0.3 is 0 Å². The third kappa shape index (κ3) is 2.47. The first-order chi connectivity index (χ1) is 7.47. The van der Waals surface area contributed by atoms with Crippen molar-refractivity contribution in [3.05, 3.63) is 33.9 Å². The van der Waals surface area contributed by atoms with Crippen LogP contribution in [0.2, 0.25) is 0 Å². The molecule has 4 N–H and O–H groups in total. The van der Waals surface area contributed by atoms with Crippen molar-refractivity contribution in [2.75, 3.05) is 25.5 Å². The Morgan fingerprint density at radius 2 is 2.12 bits per heavy atom. The van der Waals surface area contributed by atoms with E-state index in [0.29, 0.717) is 5.56 Å². The highest BCUT2D eigenvalue weighted by Crippen LogP contribution is 2.27. The van der Waals surface area contributed by atoms with Gasteiger partial charge in [-0.3, -0.25) is 10.1 Å². The van der Waals surface area contributed by atoms with E-state index in [1.54, 1.807) is 17.0 Å². The van der Waals surface area contributed by atoms with E-state index < -0.39 is 11.0 Å². The number of anilines is 1. The van der Waals surface area contributed by atoms with Crippen molar-refractivity contribution in [3.8, 4) is 0 Å². The highest BCUT2D eigenvalue weighted by Gasteiger charge is 2.19. The molecule has 6 heteroatoms. The van der Waals surface area contributed by atoms with Crippen molar-refractivity contribution in [3.63, 3.8) is 0 Å². The zero-order valence-corrected chi connectivity index (χ0v) is 9.38. The SMILES string of the molecule is CN(C)c1ccc([C@H](N)CN)c([N+](=O)[O-])c1. The smallest absolute Gasteiger partial charge is 0.276 e. The molecule has 0 aliphatic rings. The molecule has 0 aromatic heterocycles. The van der Waals surface area contributed by atoms with Crippen LogP contribution in [0, 0.1) is 10.1 Å². The summed E-state index contributed by atoms with van der Waals surface area (Å²) < 4.78 is 0. The molecule has 0 spiro atoms. The van der Waals surface area contributed by atoms with Crippen LogP contribution in [-0.2, 0) is 0 Å². The van der Waals surface area contributed by atoms with E-state index in [1.807, 2.05) is 14.1 Å². The van der Waals surface area contributed by atoms with E-state index >= 15 is 0 Å². The van der Waals surface area contributed by atoms with Crippen LogP contribution in [0.15, 0.2) is 18.2 Å². The van der Waals surface area contributed by atoms with Crippen molar-refractivity contribution in [2.24, 2.45) is 11.5 Å². The molecule has 1 rings (SSSR count). The maximum atomic E-state index is 10.9. The standard InChI is InChI=1S/C10H16N4O2/c1-13(2)7-3-4-8(9(12)6-11)10(5-7)14(15)16/h3-5,9H,6,11-12H2,1-2H3/t9-/m1/s1. The van der Waals surface area contributed by atoms with Gasteiger partial charge in [-0.15, -0.1) is 0 Å². The second kappa shape index (κ2) is 4.91. The van der Waals surface area contributed by atoms with E-state index in [2.05, 4.69) is 0 Å². The number of nitro benzene ring substituents is 1. The average Bonchev–Trinajstić information content (AvgIpc) is 2.26. The predicted molar refractivity (Wildman–Crippen MR) is 63.4 cm³/mol. The first-order valence-corrected chi connectivity index (χ1v) is 4.88. The van der Waals surface area contributed by atoms with Crippen LogP contribution in [0.1, 0.15) is 11.6 Å². The highest BCUT2D eigenvalue weighted by molar-refractivity contribution is 5.57. The summed E-state index contributed by atoms with van der Waals surface area (Å²) in [7, 11) is 3.64. The molecule has 0 saturated heterocycles. The van der Waals surface area contributed by atoms with Gasteiger partial charge in [0.1, 0.15) is 0 Å². The van der Waals surface area contributed by atoms with Crippen LogP contribution in [0.25, 0.3) is 0 Å². The van der Waals surface area contributed by atoms with Crippen molar-refractivity contribution in [2.45, 2.75) is 6.04 Å². The monoisotopic (exact) mass is 224 g/mol. The minimum Gasteiger partial charge on any atom is -0.377 e. The lowest BCUT2D eigenvalue weighted by atomic mass is 10.0. The largest absolute Gasteiger partial charge is 0.377 e. The van der Waals surface area contributed by atoms with Gasteiger partial charge in [0.2, 0.25) is 0 Å². The molecule has 0 amide bonds. The van der Waals surface area contributed by atoms with Crippen molar-refractivity contribution in [1.29, 1.82) is 0 Å². The molecule has 0 radical (unpaired) electrons. The zero-order valence-electron chi connectivity index (χ0n) is 9.38.